The van der Waals surface area contributed by atoms with Crippen LogP contribution in [0, 0.1) is 0 Å². The van der Waals surface area contributed by atoms with Gasteiger partial charge < -0.3 is 11.1 Å². The molecule has 1 heterocycles. The number of anilines is 1. The SMILES string of the molecule is Cn1nccc1CCN=C(N)Nc1ccccc1.I. The molecule has 0 fully saturated rings. The minimum Gasteiger partial charge on any atom is -0.370 e. The van der Waals surface area contributed by atoms with E-state index in [0.717, 1.165) is 17.8 Å². The Kier molecular flexibility index (Phi) is 6.34. The molecule has 0 radical (unpaired) electrons. The van der Waals surface area contributed by atoms with E-state index >= 15 is 0 Å². The fourth-order valence-corrected chi connectivity index (χ4v) is 1.65. The van der Waals surface area contributed by atoms with Crippen LogP contribution in [-0.2, 0) is 13.5 Å². The van der Waals surface area contributed by atoms with Crippen LogP contribution in [0.4, 0.5) is 5.69 Å². The van der Waals surface area contributed by atoms with E-state index in [-0.39, 0.29) is 24.0 Å². The summed E-state index contributed by atoms with van der Waals surface area (Å²) in [4.78, 5) is 4.28. The Morgan fingerprint density at radius 3 is 2.68 bits per heavy atom. The number of halogens is 1. The van der Waals surface area contributed by atoms with Crippen molar-refractivity contribution in [1.29, 1.82) is 0 Å². The van der Waals surface area contributed by atoms with Crippen molar-refractivity contribution in [2.24, 2.45) is 17.8 Å². The third kappa shape index (κ3) is 4.90. The first-order chi connectivity index (χ1) is 8.75. The normalized spacial score (nSPS) is 10.9. The molecule has 0 unspecified atom stereocenters. The molecule has 0 aliphatic rings. The van der Waals surface area contributed by atoms with E-state index in [4.69, 9.17) is 5.73 Å². The number of nitrogens with zero attached hydrogens (tertiary/aromatic N) is 3. The molecule has 1 aromatic carbocycles. The van der Waals surface area contributed by atoms with Gasteiger partial charge in [-0.05, 0) is 18.2 Å². The van der Waals surface area contributed by atoms with Gasteiger partial charge in [-0.1, -0.05) is 18.2 Å². The van der Waals surface area contributed by atoms with Gasteiger partial charge in [0.05, 0.1) is 0 Å². The molecule has 0 atom stereocenters. The fraction of sp³-hybridized carbons (Fsp3) is 0.231. The van der Waals surface area contributed by atoms with Gasteiger partial charge >= 0.3 is 0 Å². The molecule has 6 heteroatoms. The number of aryl methyl sites for hydroxylation is 1. The Balaban J connectivity index is 0.00000180. The zero-order chi connectivity index (χ0) is 12.8. The molecule has 1 aromatic heterocycles. The highest BCUT2D eigenvalue weighted by Crippen LogP contribution is 2.04. The van der Waals surface area contributed by atoms with Crippen LogP contribution in [0.15, 0.2) is 47.6 Å². The van der Waals surface area contributed by atoms with Crippen molar-refractivity contribution in [3.8, 4) is 0 Å². The first-order valence-corrected chi connectivity index (χ1v) is 5.84. The van der Waals surface area contributed by atoms with E-state index in [1.807, 2.05) is 48.1 Å². The Morgan fingerprint density at radius 2 is 2.05 bits per heavy atom. The fourth-order valence-electron chi connectivity index (χ4n) is 1.65. The number of aromatic nitrogens is 2. The molecule has 0 saturated heterocycles. The van der Waals surface area contributed by atoms with Gasteiger partial charge in [0, 0.05) is 37.6 Å². The summed E-state index contributed by atoms with van der Waals surface area (Å²) in [6.07, 6.45) is 2.61. The molecular formula is C13H18IN5. The quantitative estimate of drug-likeness (QED) is 0.491. The molecule has 0 aliphatic heterocycles. The Labute approximate surface area is 129 Å². The second-order valence-corrected chi connectivity index (χ2v) is 3.95. The van der Waals surface area contributed by atoms with E-state index < -0.39 is 0 Å². The predicted molar refractivity (Wildman–Crippen MR) is 88.9 cm³/mol. The summed E-state index contributed by atoms with van der Waals surface area (Å²) >= 11 is 0. The number of nitrogens with one attached hydrogen (secondary N) is 1. The van der Waals surface area contributed by atoms with Crippen LogP contribution in [0.3, 0.4) is 0 Å². The summed E-state index contributed by atoms with van der Waals surface area (Å²) in [7, 11) is 1.92. The minimum atomic E-state index is 0. The van der Waals surface area contributed by atoms with Crippen LogP contribution >= 0.6 is 24.0 Å². The molecule has 0 amide bonds. The van der Waals surface area contributed by atoms with Gasteiger partial charge in [0.15, 0.2) is 5.96 Å². The van der Waals surface area contributed by atoms with E-state index in [1.165, 1.54) is 0 Å². The Bertz CT molecular complexity index is 521. The van der Waals surface area contributed by atoms with Gasteiger partial charge in [-0.15, -0.1) is 24.0 Å². The van der Waals surface area contributed by atoms with Crippen LogP contribution in [0.1, 0.15) is 5.69 Å². The lowest BCUT2D eigenvalue weighted by Gasteiger charge is -2.05. The zero-order valence-corrected chi connectivity index (χ0v) is 13.1. The average molecular weight is 371 g/mol. The van der Waals surface area contributed by atoms with E-state index in [9.17, 15) is 0 Å². The van der Waals surface area contributed by atoms with Crippen molar-refractivity contribution < 1.29 is 0 Å². The lowest BCUT2D eigenvalue weighted by atomic mass is 10.3. The first kappa shape index (κ1) is 15.5. The molecule has 19 heavy (non-hydrogen) atoms. The van der Waals surface area contributed by atoms with Crippen molar-refractivity contribution in [2.45, 2.75) is 6.42 Å². The van der Waals surface area contributed by atoms with Crippen LogP contribution in [-0.4, -0.2) is 22.3 Å². The molecular weight excluding hydrogens is 353 g/mol. The smallest absolute Gasteiger partial charge is 0.193 e. The number of para-hydroxylation sites is 1. The van der Waals surface area contributed by atoms with Crippen LogP contribution in [0.2, 0.25) is 0 Å². The summed E-state index contributed by atoms with van der Waals surface area (Å²) in [5, 5.41) is 7.15. The van der Waals surface area contributed by atoms with Crippen LogP contribution in [0.5, 0.6) is 0 Å². The third-order valence-electron chi connectivity index (χ3n) is 2.62. The van der Waals surface area contributed by atoms with Crippen LogP contribution in [0.25, 0.3) is 0 Å². The largest absolute Gasteiger partial charge is 0.370 e. The van der Waals surface area contributed by atoms with Gasteiger partial charge in [-0.25, -0.2) is 0 Å². The molecule has 3 N–H and O–H groups in total. The maximum atomic E-state index is 5.80. The number of hydrogen-bond donors (Lipinski definition) is 2. The predicted octanol–water partition coefficient (Wildman–Crippen LogP) is 2.01. The molecule has 0 spiro atoms. The average Bonchev–Trinajstić information content (AvgIpc) is 2.76. The molecule has 0 aliphatic carbocycles. The lowest BCUT2D eigenvalue weighted by Crippen LogP contribution is -2.23. The van der Waals surface area contributed by atoms with Crippen molar-refractivity contribution in [3.05, 3.63) is 48.3 Å². The number of aliphatic imine (C=N–C) groups is 1. The maximum Gasteiger partial charge on any atom is 0.193 e. The summed E-state index contributed by atoms with van der Waals surface area (Å²) in [6, 6.07) is 11.7. The van der Waals surface area contributed by atoms with Gasteiger partial charge in [0.25, 0.3) is 0 Å². The number of rotatable bonds is 4. The number of nitrogens with two attached hydrogens (primary N) is 1. The lowest BCUT2D eigenvalue weighted by molar-refractivity contribution is 0.706. The van der Waals surface area contributed by atoms with Crippen molar-refractivity contribution in [2.75, 3.05) is 11.9 Å². The van der Waals surface area contributed by atoms with Gasteiger partial charge in [0.1, 0.15) is 0 Å². The summed E-state index contributed by atoms with van der Waals surface area (Å²) in [5.74, 6) is 0.434. The first-order valence-electron chi connectivity index (χ1n) is 5.84. The van der Waals surface area contributed by atoms with Gasteiger partial charge in [-0.2, -0.15) is 5.10 Å². The molecule has 102 valence electrons. The third-order valence-corrected chi connectivity index (χ3v) is 2.62. The van der Waals surface area contributed by atoms with E-state index in [2.05, 4.69) is 15.4 Å². The zero-order valence-electron chi connectivity index (χ0n) is 10.8. The van der Waals surface area contributed by atoms with Gasteiger partial charge in [0.2, 0.25) is 0 Å². The summed E-state index contributed by atoms with van der Waals surface area (Å²) < 4.78 is 1.84. The topological polar surface area (TPSA) is 68.2 Å². The van der Waals surface area contributed by atoms with Crippen molar-refractivity contribution in [1.82, 2.24) is 9.78 Å². The standard InChI is InChI=1S/C13H17N5.HI/c1-18-12(8-10-16-18)7-9-15-13(14)17-11-5-3-2-4-6-11;/h2-6,8,10H,7,9H2,1H3,(H3,14,15,17);1H. The molecule has 2 aromatic rings. The minimum absolute atomic E-state index is 0. The second kappa shape index (κ2) is 7.78. The Morgan fingerprint density at radius 1 is 1.32 bits per heavy atom. The van der Waals surface area contributed by atoms with E-state index in [1.54, 1.807) is 6.20 Å². The highest BCUT2D eigenvalue weighted by atomic mass is 127. The molecule has 5 nitrogen and oxygen atoms in total. The van der Waals surface area contributed by atoms with Crippen LogP contribution < -0.4 is 11.1 Å². The number of hydrogen-bond acceptors (Lipinski definition) is 2. The number of guanidine groups is 1. The van der Waals surface area contributed by atoms with Crippen molar-refractivity contribution in [3.63, 3.8) is 0 Å². The molecule has 2 rings (SSSR count). The highest BCUT2D eigenvalue weighted by molar-refractivity contribution is 14.0. The van der Waals surface area contributed by atoms with Crippen molar-refractivity contribution >= 4 is 35.6 Å². The molecule has 0 bridgehead atoms. The monoisotopic (exact) mass is 371 g/mol. The highest BCUT2D eigenvalue weighted by Gasteiger charge is 1.98. The number of benzene rings is 1. The molecule has 0 saturated carbocycles. The second-order valence-electron chi connectivity index (χ2n) is 3.95. The maximum absolute atomic E-state index is 5.80. The van der Waals surface area contributed by atoms with E-state index in [0.29, 0.717) is 12.5 Å². The summed E-state index contributed by atoms with van der Waals surface area (Å²) in [6.45, 7) is 0.644. The Hall–Kier alpha value is -1.57. The summed E-state index contributed by atoms with van der Waals surface area (Å²) in [5.41, 5.74) is 7.89. The van der Waals surface area contributed by atoms with Gasteiger partial charge in [-0.3, -0.25) is 9.67 Å².